The molecule has 0 saturated heterocycles. The van der Waals surface area contributed by atoms with E-state index in [2.05, 4.69) is 6.92 Å². The van der Waals surface area contributed by atoms with Gasteiger partial charge < -0.3 is 9.47 Å². The first kappa shape index (κ1) is 13.0. The quantitative estimate of drug-likeness (QED) is 0.453. The molecule has 0 aliphatic carbocycles. The van der Waals surface area contributed by atoms with E-state index in [0.717, 1.165) is 12.8 Å². The third-order valence-electron chi connectivity index (χ3n) is 1.59. The number of hydrogen-bond donors (Lipinski definition) is 0. The van der Waals surface area contributed by atoms with E-state index in [0.29, 0.717) is 19.4 Å². The molecular weight excluding hydrogens is 187 g/mol. The summed E-state index contributed by atoms with van der Waals surface area (Å²) < 4.78 is 22.1. The average Bonchev–Trinajstić information content (AvgIpc) is 2.14. The Labute approximate surface area is 81.6 Å². The van der Waals surface area contributed by atoms with Crippen LogP contribution in [0.5, 0.6) is 0 Å². The van der Waals surface area contributed by atoms with Crippen LogP contribution in [0.3, 0.4) is 0 Å². The van der Waals surface area contributed by atoms with E-state index in [-0.39, 0.29) is 0 Å². The summed E-state index contributed by atoms with van der Waals surface area (Å²) in [7, 11) is -1.36. The van der Waals surface area contributed by atoms with Gasteiger partial charge in [-0.25, -0.2) is 0 Å². The molecule has 13 heavy (non-hydrogen) atoms. The lowest BCUT2D eigenvalue weighted by Gasteiger charge is -2.06. The predicted octanol–water partition coefficient (Wildman–Crippen LogP) is 2.97. The van der Waals surface area contributed by atoms with Crippen molar-refractivity contribution < 1.29 is 14.0 Å². The highest BCUT2D eigenvalue weighted by Crippen LogP contribution is 2.30. The van der Waals surface area contributed by atoms with Crippen molar-refractivity contribution in [3.8, 4) is 0 Å². The van der Waals surface area contributed by atoms with Crippen molar-refractivity contribution in [3.63, 3.8) is 0 Å². The third-order valence-corrected chi connectivity index (χ3v) is 3.11. The first-order valence-electron chi connectivity index (χ1n) is 4.93. The van der Waals surface area contributed by atoms with E-state index in [1.54, 1.807) is 0 Å². The van der Waals surface area contributed by atoms with Crippen molar-refractivity contribution in [2.24, 2.45) is 0 Å². The summed E-state index contributed by atoms with van der Waals surface area (Å²) in [5.41, 5.74) is 0. The largest absolute Gasteiger partial charge is 0.401 e. The molecule has 4 heteroatoms. The number of ether oxygens (including phenoxy) is 2. The lowest BCUT2D eigenvalue weighted by Crippen LogP contribution is -2.13. The van der Waals surface area contributed by atoms with E-state index in [9.17, 15) is 4.57 Å². The molecule has 0 spiro atoms. The molecule has 78 valence electrons. The van der Waals surface area contributed by atoms with Crippen molar-refractivity contribution >= 4 is 7.80 Å². The van der Waals surface area contributed by atoms with Gasteiger partial charge >= 0.3 is 13.8 Å². The SMILES string of the molecule is CCCC[P+](=O)C(OCC)OCC. The molecule has 0 amide bonds. The van der Waals surface area contributed by atoms with Crippen molar-refractivity contribution in [1.29, 1.82) is 0 Å². The Morgan fingerprint density at radius 2 is 1.69 bits per heavy atom. The fraction of sp³-hybridized carbons (Fsp3) is 1.00. The molecule has 0 heterocycles. The summed E-state index contributed by atoms with van der Waals surface area (Å²) in [5, 5.41) is 0. The Morgan fingerprint density at radius 3 is 2.08 bits per heavy atom. The third kappa shape index (κ3) is 6.14. The molecule has 1 atom stereocenters. The number of unbranched alkanes of at least 4 members (excludes halogenated alkanes) is 1. The van der Waals surface area contributed by atoms with Crippen LogP contribution in [0.1, 0.15) is 33.6 Å². The second-order valence-electron chi connectivity index (χ2n) is 2.71. The molecule has 0 aromatic rings. The second-order valence-corrected chi connectivity index (χ2v) is 4.41. The van der Waals surface area contributed by atoms with Crippen molar-refractivity contribution in [1.82, 2.24) is 0 Å². The molecule has 0 saturated carbocycles. The lowest BCUT2D eigenvalue weighted by atomic mass is 10.4. The van der Waals surface area contributed by atoms with Gasteiger partial charge in [0, 0.05) is 0 Å². The Balaban J connectivity index is 3.80. The Kier molecular flexibility index (Phi) is 8.62. The van der Waals surface area contributed by atoms with E-state index >= 15 is 0 Å². The minimum absolute atomic E-state index is 0.489. The lowest BCUT2D eigenvalue weighted by molar-refractivity contribution is -0.0796. The summed E-state index contributed by atoms with van der Waals surface area (Å²) >= 11 is 0. The fourth-order valence-corrected chi connectivity index (χ4v) is 2.39. The topological polar surface area (TPSA) is 35.5 Å². The van der Waals surface area contributed by atoms with Crippen LogP contribution in [0.4, 0.5) is 0 Å². The van der Waals surface area contributed by atoms with Gasteiger partial charge in [0.1, 0.15) is 0 Å². The van der Waals surface area contributed by atoms with Gasteiger partial charge in [-0.2, -0.15) is 0 Å². The first-order valence-corrected chi connectivity index (χ1v) is 6.44. The Hall–Kier alpha value is 0.0200. The van der Waals surface area contributed by atoms with Crippen molar-refractivity contribution in [2.45, 2.75) is 39.6 Å². The Morgan fingerprint density at radius 1 is 1.15 bits per heavy atom. The summed E-state index contributed by atoms with van der Waals surface area (Å²) in [6, 6.07) is -0.489. The van der Waals surface area contributed by atoms with E-state index in [4.69, 9.17) is 9.47 Å². The highest BCUT2D eigenvalue weighted by molar-refractivity contribution is 7.45. The highest BCUT2D eigenvalue weighted by Gasteiger charge is 2.30. The molecule has 1 unspecified atom stereocenters. The molecule has 0 rings (SSSR count). The minimum atomic E-state index is -1.36. The normalized spacial score (nSPS) is 12.2. The maximum atomic E-state index is 11.6. The smallest absolute Gasteiger partial charge is 0.313 e. The minimum Gasteiger partial charge on any atom is -0.313 e. The molecule has 0 aliphatic rings. The van der Waals surface area contributed by atoms with E-state index in [1.807, 2.05) is 13.8 Å². The van der Waals surface area contributed by atoms with Crippen LogP contribution < -0.4 is 0 Å². The molecule has 0 aromatic carbocycles. The molecular formula is C9H20O3P+. The van der Waals surface area contributed by atoms with Crippen LogP contribution in [0.25, 0.3) is 0 Å². The summed E-state index contributed by atoms with van der Waals surface area (Å²) in [6.07, 6.45) is 2.74. The zero-order chi connectivity index (χ0) is 10.1. The van der Waals surface area contributed by atoms with Crippen molar-refractivity contribution in [3.05, 3.63) is 0 Å². The maximum Gasteiger partial charge on any atom is 0.401 e. The predicted molar refractivity (Wildman–Crippen MR) is 54.4 cm³/mol. The highest BCUT2D eigenvalue weighted by atomic mass is 31.1. The van der Waals surface area contributed by atoms with E-state index in [1.165, 1.54) is 0 Å². The van der Waals surface area contributed by atoms with Gasteiger partial charge in [0.25, 0.3) is 0 Å². The number of rotatable bonds is 8. The van der Waals surface area contributed by atoms with E-state index < -0.39 is 13.8 Å². The van der Waals surface area contributed by atoms with Crippen LogP contribution in [0.2, 0.25) is 0 Å². The summed E-state index contributed by atoms with van der Waals surface area (Å²) in [4.78, 5) is 0. The van der Waals surface area contributed by atoms with Gasteiger partial charge in [-0.3, -0.25) is 0 Å². The van der Waals surface area contributed by atoms with Crippen molar-refractivity contribution in [2.75, 3.05) is 19.4 Å². The molecule has 0 aromatic heterocycles. The molecule has 3 nitrogen and oxygen atoms in total. The van der Waals surface area contributed by atoms with Crippen LogP contribution in [0, 0.1) is 0 Å². The van der Waals surface area contributed by atoms with Crippen LogP contribution in [0.15, 0.2) is 0 Å². The molecule has 0 bridgehead atoms. The van der Waals surface area contributed by atoms with Gasteiger partial charge in [0.15, 0.2) is 6.16 Å². The van der Waals surface area contributed by atoms with Gasteiger partial charge in [0.2, 0.25) is 0 Å². The van der Waals surface area contributed by atoms with Gasteiger partial charge in [-0.15, -0.1) is 0 Å². The van der Waals surface area contributed by atoms with Crippen LogP contribution in [-0.4, -0.2) is 25.4 Å². The number of hydrogen-bond acceptors (Lipinski definition) is 3. The maximum absolute atomic E-state index is 11.6. The zero-order valence-electron chi connectivity index (χ0n) is 8.78. The van der Waals surface area contributed by atoms with Gasteiger partial charge in [0.05, 0.1) is 13.2 Å². The molecule has 0 fully saturated rings. The zero-order valence-corrected chi connectivity index (χ0v) is 9.68. The van der Waals surface area contributed by atoms with Crippen LogP contribution >= 0.6 is 7.80 Å². The molecule has 0 radical (unpaired) electrons. The Bertz CT molecular complexity index is 133. The first-order chi connectivity index (χ1) is 6.26. The average molecular weight is 207 g/mol. The molecule has 0 aliphatic heterocycles. The standard InChI is InChI=1S/C9H20O3P/c1-4-7-8-13(10)9(11-5-2)12-6-3/h9H,4-8H2,1-3H3/q+1. The van der Waals surface area contributed by atoms with Crippen LogP contribution in [-0.2, 0) is 14.0 Å². The van der Waals surface area contributed by atoms with Gasteiger partial charge in [-0.1, -0.05) is 17.9 Å². The summed E-state index contributed by atoms with van der Waals surface area (Å²) in [6.45, 7) is 6.96. The molecule has 0 N–H and O–H groups in total. The monoisotopic (exact) mass is 207 g/mol. The fourth-order valence-electron chi connectivity index (χ4n) is 0.919. The van der Waals surface area contributed by atoms with Gasteiger partial charge in [-0.05, 0) is 20.3 Å². The second kappa shape index (κ2) is 8.61. The summed E-state index contributed by atoms with van der Waals surface area (Å²) in [5.74, 6) is 0.